The van der Waals surface area contributed by atoms with Crippen LogP contribution in [-0.2, 0) is 6.54 Å². The first-order chi connectivity index (χ1) is 7.34. The van der Waals surface area contributed by atoms with Crippen LogP contribution in [0.3, 0.4) is 0 Å². The second kappa shape index (κ2) is 5.03. The molecule has 2 nitrogen and oxygen atoms in total. The average Bonchev–Trinajstić information content (AvgIpc) is 2.66. The van der Waals surface area contributed by atoms with E-state index in [-0.39, 0.29) is 0 Å². The first-order valence-electron chi connectivity index (χ1n) is 5.01. The summed E-state index contributed by atoms with van der Waals surface area (Å²) in [5.74, 6) is 1.06. The monoisotopic (exact) mass is 218 g/mol. The molecule has 0 spiro atoms. The molecule has 1 aromatic heterocycles. The predicted molar refractivity (Wildman–Crippen MR) is 64.1 cm³/mol. The van der Waals surface area contributed by atoms with E-state index in [1.807, 2.05) is 28.7 Å². The number of nitrogens with zero attached hydrogens (tertiary/aromatic N) is 2. The van der Waals surface area contributed by atoms with Gasteiger partial charge in [-0.1, -0.05) is 18.2 Å². The molecule has 0 aliphatic rings. The van der Waals surface area contributed by atoms with E-state index < -0.39 is 0 Å². The summed E-state index contributed by atoms with van der Waals surface area (Å²) in [5.41, 5.74) is 1.22. The number of rotatable bonds is 4. The van der Waals surface area contributed by atoms with Gasteiger partial charge in [0.15, 0.2) is 0 Å². The highest BCUT2D eigenvalue weighted by atomic mass is 32.2. The lowest BCUT2D eigenvalue weighted by molar-refractivity contribution is 0.666. The molecule has 0 saturated heterocycles. The van der Waals surface area contributed by atoms with Crippen molar-refractivity contribution in [2.75, 3.05) is 5.75 Å². The Morgan fingerprint density at radius 1 is 1.27 bits per heavy atom. The van der Waals surface area contributed by atoms with E-state index in [0.29, 0.717) is 0 Å². The molecule has 0 fully saturated rings. The maximum atomic E-state index is 4.25. The quantitative estimate of drug-likeness (QED) is 0.734. The van der Waals surface area contributed by atoms with Crippen LogP contribution in [-0.4, -0.2) is 15.5 Å². The van der Waals surface area contributed by atoms with E-state index in [1.165, 1.54) is 10.5 Å². The Labute approximate surface area is 94.3 Å². The summed E-state index contributed by atoms with van der Waals surface area (Å²) < 4.78 is 1.99. The number of hydrogen-bond acceptors (Lipinski definition) is 2. The van der Waals surface area contributed by atoms with Crippen LogP contribution in [0.1, 0.15) is 5.56 Å². The highest BCUT2D eigenvalue weighted by Gasteiger charge is 1.95. The first-order valence-corrected chi connectivity index (χ1v) is 6.00. The zero-order valence-corrected chi connectivity index (χ0v) is 9.57. The van der Waals surface area contributed by atoms with Crippen molar-refractivity contribution in [2.24, 2.45) is 0 Å². The van der Waals surface area contributed by atoms with Crippen LogP contribution in [0, 0.1) is 6.92 Å². The lowest BCUT2D eigenvalue weighted by atomic mass is 10.4. The Kier molecular flexibility index (Phi) is 3.45. The van der Waals surface area contributed by atoms with Gasteiger partial charge in [0, 0.05) is 16.8 Å². The van der Waals surface area contributed by atoms with Gasteiger partial charge in [0.25, 0.3) is 0 Å². The zero-order chi connectivity index (χ0) is 10.5. The Morgan fingerprint density at radius 3 is 2.73 bits per heavy atom. The van der Waals surface area contributed by atoms with Gasteiger partial charge in [-0.3, -0.25) is 4.68 Å². The molecule has 0 aliphatic heterocycles. The number of benzene rings is 1. The largest absolute Gasteiger partial charge is 0.272 e. The van der Waals surface area contributed by atoms with Crippen LogP contribution in [0.5, 0.6) is 0 Å². The molecular weight excluding hydrogens is 204 g/mol. The summed E-state index contributed by atoms with van der Waals surface area (Å²) in [6.45, 7) is 3.03. The third-order valence-corrected chi connectivity index (χ3v) is 3.09. The van der Waals surface area contributed by atoms with E-state index in [4.69, 9.17) is 0 Å². The highest BCUT2D eigenvalue weighted by Crippen LogP contribution is 2.16. The summed E-state index contributed by atoms with van der Waals surface area (Å²) in [5, 5.41) is 4.25. The average molecular weight is 218 g/mol. The van der Waals surface area contributed by atoms with Gasteiger partial charge in [0.2, 0.25) is 0 Å². The third kappa shape index (κ3) is 3.13. The normalized spacial score (nSPS) is 10.5. The Morgan fingerprint density at radius 2 is 2.07 bits per heavy atom. The van der Waals surface area contributed by atoms with E-state index >= 15 is 0 Å². The fourth-order valence-electron chi connectivity index (χ4n) is 1.36. The van der Waals surface area contributed by atoms with E-state index in [1.54, 1.807) is 0 Å². The second-order valence-electron chi connectivity index (χ2n) is 3.44. The summed E-state index contributed by atoms with van der Waals surface area (Å²) in [4.78, 5) is 1.32. The van der Waals surface area contributed by atoms with Crippen molar-refractivity contribution < 1.29 is 0 Å². The number of aromatic nitrogens is 2. The van der Waals surface area contributed by atoms with Crippen molar-refractivity contribution in [3.63, 3.8) is 0 Å². The molecule has 0 amide bonds. The second-order valence-corrected chi connectivity index (χ2v) is 4.61. The van der Waals surface area contributed by atoms with Crippen molar-refractivity contribution in [3.05, 3.63) is 48.3 Å². The van der Waals surface area contributed by atoms with Gasteiger partial charge in [-0.2, -0.15) is 5.10 Å². The SMILES string of the molecule is Cc1cnn(CCSc2ccccc2)c1. The summed E-state index contributed by atoms with van der Waals surface area (Å²) in [7, 11) is 0. The van der Waals surface area contributed by atoms with Gasteiger partial charge >= 0.3 is 0 Å². The summed E-state index contributed by atoms with van der Waals surface area (Å²) in [6.07, 6.45) is 3.97. The van der Waals surface area contributed by atoms with Gasteiger partial charge in [0.05, 0.1) is 12.7 Å². The Balaban J connectivity index is 1.80. The highest BCUT2D eigenvalue weighted by molar-refractivity contribution is 7.99. The first kappa shape index (κ1) is 10.3. The molecule has 0 radical (unpaired) electrons. The molecule has 78 valence electrons. The van der Waals surface area contributed by atoms with Crippen molar-refractivity contribution in [1.82, 2.24) is 9.78 Å². The number of aryl methyl sites for hydroxylation is 2. The van der Waals surface area contributed by atoms with Gasteiger partial charge in [-0.15, -0.1) is 11.8 Å². The standard InChI is InChI=1S/C12H14N2S/c1-11-9-13-14(10-11)7-8-15-12-5-3-2-4-6-12/h2-6,9-10H,7-8H2,1H3. The molecule has 1 heterocycles. The fourth-order valence-corrected chi connectivity index (χ4v) is 2.23. The fraction of sp³-hybridized carbons (Fsp3) is 0.250. The summed E-state index contributed by atoms with van der Waals surface area (Å²) >= 11 is 1.86. The van der Waals surface area contributed by atoms with E-state index in [0.717, 1.165) is 12.3 Å². The van der Waals surface area contributed by atoms with E-state index in [2.05, 4.69) is 42.5 Å². The maximum Gasteiger partial charge on any atom is 0.0518 e. The van der Waals surface area contributed by atoms with Crippen molar-refractivity contribution in [1.29, 1.82) is 0 Å². The minimum atomic E-state index is 0.966. The van der Waals surface area contributed by atoms with Crippen LogP contribution >= 0.6 is 11.8 Å². The van der Waals surface area contributed by atoms with Crippen LogP contribution in [0.4, 0.5) is 0 Å². The van der Waals surface area contributed by atoms with Gasteiger partial charge in [-0.25, -0.2) is 0 Å². The molecule has 0 saturated carbocycles. The molecular formula is C12H14N2S. The van der Waals surface area contributed by atoms with Crippen molar-refractivity contribution >= 4 is 11.8 Å². The smallest absolute Gasteiger partial charge is 0.0518 e. The molecule has 0 aliphatic carbocycles. The van der Waals surface area contributed by atoms with Crippen LogP contribution < -0.4 is 0 Å². The lowest BCUT2D eigenvalue weighted by Gasteiger charge is -2.01. The third-order valence-electron chi connectivity index (χ3n) is 2.09. The molecule has 15 heavy (non-hydrogen) atoms. The van der Waals surface area contributed by atoms with Crippen LogP contribution in [0.25, 0.3) is 0 Å². The topological polar surface area (TPSA) is 17.8 Å². The molecule has 3 heteroatoms. The molecule has 2 rings (SSSR count). The molecule has 0 atom stereocenters. The molecule has 0 unspecified atom stereocenters. The van der Waals surface area contributed by atoms with E-state index in [9.17, 15) is 0 Å². The molecule has 0 bridgehead atoms. The zero-order valence-electron chi connectivity index (χ0n) is 8.76. The maximum absolute atomic E-state index is 4.25. The van der Waals surface area contributed by atoms with Gasteiger partial charge < -0.3 is 0 Å². The Hall–Kier alpha value is -1.22. The van der Waals surface area contributed by atoms with Gasteiger partial charge in [-0.05, 0) is 24.6 Å². The number of thioether (sulfide) groups is 1. The summed E-state index contributed by atoms with van der Waals surface area (Å²) in [6, 6.07) is 10.5. The van der Waals surface area contributed by atoms with Gasteiger partial charge in [0.1, 0.15) is 0 Å². The predicted octanol–water partition coefficient (Wildman–Crippen LogP) is 2.98. The Bertz CT molecular complexity index is 409. The molecule has 2 aromatic rings. The van der Waals surface area contributed by atoms with Crippen LogP contribution in [0.15, 0.2) is 47.6 Å². The molecule has 1 aromatic carbocycles. The van der Waals surface area contributed by atoms with Crippen molar-refractivity contribution in [3.8, 4) is 0 Å². The minimum absolute atomic E-state index is 0.966. The van der Waals surface area contributed by atoms with Crippen LogP contribution in [0.2, 0.25) is 0 Å². The molecule has 0 N–H and O–H groups in total. The minimum Gasteiger partial charge on any atom is -0.272 e. The van der Waals surface area contributed by atoms with Crippen molar-refractivity contribution in [2.45, 2.75) is 18.4 Å². The number of hydrogen-bond donors (Lipinski definition) is 0. The lowest BCUT2D eigenvalue weighted by Crippen LogP contribution is -2.00.